The van der Waals surface area contributed by atoms with Gasteiger partial charge in [0.15, 0.2) is 0 Å². The summed E-state index contributed by atoms with van der Waals surface area (Å²) >= 11 is 1.81. The molecule has 0 N–H and O–H groups in total. The molecule has 0 unspecified atom stereocenters. The molecular weight excluding hydrogens is 338 g/mol. The van der Waals surface area contributed by atoms with Crippen LogP contribution in [0.15, 0.2) is 72.8 Å². The van der Waals surface area contributed by atoms with E-state index in [1.165, 1.54) is 20.9 Å². The van der Waals surface area contributed by atoms with E-state index in [2.05, 4.69) is 37.3 Å². The van der Waals surface area contributed by atoms with Gasteiger partial charge in [-0.15, -0.1) is 11.3 Å². The van der Waals surface area contributed by atoms with E-state index in [0.29, 0.717) is 6.54 Å². The maximum absolute atomic E-state index is 12.8. The fourth-order valence-corrected chi connectivity index (χ4v) is 4.65. The van der Waals surface area contributed by atoms with Crippen molar-refractivity contribution in [1.29, 1.82) is 0 Å². The summed E-state index contributed by atoms with van der Waals surface area (Å²) in [5, 5.41) is 0. The molecule has 3 aromatic rings. The lowest BCUT2D eigenvalue weighted by atomic mass is 9.88. The molecule has 2 nitrogen and oxygen atoms in total. The lowest BCUT2D eigenvalue weighted by Gasteiger charge is -2.32. The number of hydrogen-bond donors (Lipinski definition) is 0. The first-order valence-electron chi connectivity index (χ1n) is 8.87. The summed E-state index contributed by atoms with van der Waals surface area (Å²) in [6, 6.07) is 22.8. The maximum atomic E-state index is 12.8. The van der Waals surface area contributed by atoms with Crippen molar-refractivity contribution in [2.75, 3.05) is 6.54 Å². The number of aryl methyl sites for hydroxylation is 1. The molecule has 1 aliphatic heterocycles. The van der Waals surface area contributed by atoms with Crippen molar-refractivity contribution in [3.05, 3.63) is 99.3 Å². The van der Waals surface area contributed by atoms with Crippen LogP contribution >= 0.6 is 11.3 Å². The van der Waals surface area contributed by atoms with Crippen LogP contribution in [0.2, 0.25) is 0 Å². The fourth-order valence-electron chi connectivity index (χ4n) is 3.53. The highest BCUT2D eigenvalue weighted by atomic mass is 32.1. The van der Waals surface area contributed by atoms with Crippen molar-refractivity contribution in [2.24, 2.45) is 0 Å². The van der Waals surface area contributed by atoms with E-state index in [0.717, 1.165) is 12.1 Å². The Morgan fingerprint density at radius 1 is 1.08 bits per heavy atom. The summed E-state index contributed by atoms with van der Waals surface area (Å²) in [6.07, 6.45) is 3.60. The number of thiophene rings is 1. The first-order valence-corrected chi connectivity index (χ1v) is 9.68. The summed E-state index contributed by atoms with van der Waals surface area (Å²) in [5.74, 6) is 0.325. The summed E-state index contributed by atoms with van der Waals surface area (Å²) in [5.41, 5.74) is 3.70. The van der Waals surface area contributed by atoms with Gasteiger partial charge in [0.25, 0.3) is 0 Å². The molecule has 3 heteroatoms. The van der Waals surface area contributed by atoms with Crippen LogP contribution < -0.4 is 0 Å². The number of amides is 1. The average Bonchev–Trinajstić information content (AvgIpc) is 3.07. The highest BCUT2D eigenvalue weighted by Gasteiger charge is 2.29. The second-order valence-corrected chi connectivity index (χ2v) is 8.00. The van der Waals surface area contributed by atoms with E-state index < -0.39 is 0 Å². The molecular formula is C23H21NOS. The van der Waals surface area contributed by atoms with E-state index in [1.807, 2.05) is 47.4 Å². The van der Waals surface area contributed by atoms with Crippen LogP contribution in [-0.2, 0) is 11.3 Å². The van der Waals surface area contributed by atoms with Gasteiger partial charge < -0.3 is 4.90 Å². The molecule has 1 aromatic heterocycles. The molecule has 0 saturated carbocycles. The van der Waals surface area contributed by atoms with Gasteiger partial charge in [-0.2, -0.15) is 0 Å². The van der Waals surface area contributed by atoms with Gasteiger partial charge >= 0.3 is 0 Å². The lowest BCUT2D eigenvalue weighted by Crippen LogP contribution is -2.37. The summed E-state index contributed by atoms with van der Waals surface area (Å²) in [4.78, 5) is 17.4. The molecule has 2 heterocycles. The van der Waals surface area contributed by atoms with Gasteiger partial charge in [0, 0.05) is 28.3 Å². The molecule has 0 fully saturated rings. The number of fused-ring (bicyclic) bond motifs is 1. The normalized spacial score (nSPS) is 16.7. The Morgan fingerprint density at radius 3 is 2.50 bits per heavy atom. The van der Waals surface area contributed by atoms with Crippen LogP contribution in [0.1, 0.15) is 32.4 Å². The van der Waals surface area contributed by atoms with Gasteiger partial charge in [0.2, 0.25) is 5.91 Å². The van der Waals surface area contributed by atoms with Gasteiger partial charge in [0.1, 0.15) is 0 Å². The van der Waals surface area contributed by atoms with Gasteiger partial charge in [-0.3, -0.25) is 4.79 Å². The standard InChI is InChI=1S/C23H21NOS/c1-17-14-20-21(19-10-6-3-7-11-19)15-24(16-22(20)26-17)23(25)13-12-18-8-4-2-5-9-18/h2-14,21H,15-16H2,1H3/b13-12+/t21-/m0/s1. The Balaban J connectivity index is 1.60. The molecule has 1 amide bonds. The molecule has 0 radical (unpaired) electrons. The van der Waals surface area contributed by atoms with Crippen molar-refractivity contribution in [3.8, 4) is 0 Å². The van der Waals surface area contributed by atoms with Crippen LogP contribution in [-0.4, -0.2) is 17.4 Å². The van der Waals surface area contributed by atoms with Crippen molar-refractivity contribution >= 4 is 23.3 Å². The summed E-state index contributed by atoms with van der Waals surface area (Å²) < 4.78 is 0. The number of hydrogen-bond acceptors (Lipinski definition) is 2. The second-order valence-electron chi connectivity index (χ2n) is 6.66. The van der Waals surface area contributed by atoms with Crippen molar-refractivity contribution in [3.63, 3.8) is 0 Å². The van der Waals surface area contributed by atoms with E-state index >= 15 is 0 Å². The predicted molar refractivity (Wildman–Crippen MR) is 108 cm³/mol. The van der Waals surface area contributed by atoms with Crippen molar-refractivity contribution < 1.29 is 4.79 Å². The minimum absolute atomic E-state index is 0.0755. The smallest absolute Gasteiger partial charge is 0.246 e. The third-order valence-corrected chi connectivity index (χ3v) is 5.86. The summed E-state index contributed by atoms with van der Waals surface area (Å²) in [7, 11) is 0. The molecule has 4 rings (SSSR count). The zero-order valence-electron chi connectivity index (χ0n) is 14.8. The SMILES string of the molecule is Cc1cc2c(s1)CN(C(=O)/C=C/c1ccccc1)C[C@H]2c1ccccc1. The molecule has 1 atom stereocenters. The molecule has 0 saturated heterocycles. The number of carbonyl (C=O) groups excluding carboxylic acids is 1. The Bertz CT molecular complexity index is 927. The number of carbonyl (C=O) groups is 1. The molecule has 0 aliphatic carbocycles. The third-order valence-electron chi connectivity index (χ3n) is 4.81. The Kier molecular flexibility index (Phi) is 4.72. The minimum atomic E-state index is 0.0755. The first-order chi connectivity index (χ1) is 12.7. The molecule has 0 spiro atoms. The first kappa shape index (κ1) is 16.8. The zero-order chi connectivity index (χ0) is 17.9. The maximum Gasteiger partial charge on any atom is 0.246 e. The van der Waals surface area contributed by atoms with Gasteiger partial charge in [-0.1, -0.05) is 60.7 Å². The molecule has 130 valence electrons. The molecule has 1 aliphatic rings. The van der Waals surface area contributed by atoms with Crippen LogP contribution in [0.3, 0.4) is 0 Å². The molecule has 0 bridgehead atoms. The van der Waals surface area contributed by atoms with E-state index in [-0.39, 0.29) is 11.8 Å². The zero-order valence-corrected chi connectivity index (χ0v) is 15.6. The summed E-state index contributed by atoms with van der Waals surface area (Å²) in [6.45, 7) is 3.58. The Morgan fingerprint density at radius 2 is 1.77 bits per heavy atom. The van der Waals surface area contributed by atoms with Crippen molar-refractivity contribution in [2.45, 2.75) is 19.4 Å². The predicted octanol–water partition coefficient (Wildman–Crippen LogP) is 5.24. The Labute approximate surface area is 158 Å². The van der Waals surface area contributed by atoms with Gasteiger partial charge in [0.05, 0.1) is 6.54 Å². The van der Waals surface area contributed by atoms with E-state index in [9.17, 15) is 4.79 Å². The highest BCUT2D eigenvalue weighted by Crippen LogP contribution is 2.38. The number of benzene rings is 2. The second kappa shape index (κ2) is 7.30. The van der Waals surface area contributed by atoms with Gasteiger partial charge in [-0.05, 0) is 35.8 Å². The molecule has 2 aromatic carbocycles. The highest BCUT2D eigenvalue weighted by molar-refractivity contribution is 7.12. The number of rotatable bonds is 3. The number of nitrogens with zero attached hydrogens (tertiary/aromatic N) is 1. The van der Waals surface area contributed by atoms with E-state index in [4.69, 9.17) is 0 Å². The van der Waals surface area contributed by atoms with Crippen LogP contribution in [0.25, 0.3) is 6.08 Å². The average molecular weight is 359 g/mol. The minimum Gasteiger partial charge on any atom is -0.333 e. The van der Waals surface area contributed by atoms with E-state index in [1.54, 1.807) is 17.4 Å². The van der Waals surface area contributed by atoms with Crippen LogP contribution in [0.5, 0.6) is 0 Å². The van der Waals surface area contributed by atoms with Crippen molar-refractivity contribution in [1.82, 2.24) is 4.90 Å². The fraction of sp³-hybridized carbons (Fsp3) is 0.174. The quantitative estimate of drug-likeness (QED) is 0.585. The Hall–Kier alpha value is -2.65. The van der Waals surface area contributed by atoms with Crippen LogP contribution in [0.4, 0.5) is 0 Å². The topological polar surface area (TPSA) is 20.3 Å². The third kappa shape index (κ3) is 3.49. The monoisotopic (exact) mass is 359 g/mol. The van der Waals surface area contributed by atoms with Crippen LogP contribution in [0, 0.1) is 6.92 Å². The largest absolute Gasteiger partial charge is 0.333 e. The lowest BCUT2D eigenvalue weighted by molar-refractivity contribution is -0.127. The molecule has 26 heavy (non-hydrogen) atoms. The van der Waals surface area contributed by atoms with Gasteiger partial charge in [-0.25, -0.2) is 0 Å².